The molecule has 3 aromatic rings. The van der Waals surface area contributed by atoms with E-state index in [1.807, 2.05) is 12.1 Å². The van der Waals surface area contributed by atoms with Crippen LogP contribution in [-0.2, 0) is 4.79 Å². The summed E-state index contributed by atoms with van der Waals surface area (Å²) in [6.45, 7) is 0. The molecule has 0 aliphatic rings. The topological polar surface area (TPSA) is 49.4 Å². The Labute approximate surface area is 166 Å². The van der Waals surface area contributed by atoms with Gasteiger partial charge in [-0.2, -0.15) is 0 Å². The Kier molecular flexibility index (Phi) is 6.01. The lowest BCUT2D eigenvalue weighted by Crippen LogP contribution is -2.21. The number of carbonyl (C=O) groups is 2. The Bertz CT molecular complexity index is 1040. The zero-order chi connectivity index (χ0) is 20.1. The second kappa shape index (κ2) is 8.63. The van der Waals surface area contributed by atoms with Crippen molar-refractivity contribution in [2.45, 2.75) is 0 Å². The number of hydrogen-bond donors (Lipinski definition) is 1. The molecule has 2 amide bonds. The van der Waals surface area contributed by atoms with E-state index in [0.717, 1.165) is 9.75 Å². The molecule has 6 heteroatoms. The molecule has 1 N–H and O–H groups in total. The van der Waals surface area contributed by atoms with E-state index in [2.05, 4.69) is 5.32 Å². The second-order valence-corrected chi connectivity index (χ2v) is 7.40. The van der Waals surface area contributed by atoms with E-state index >= 15 is 0 Å². The van der Waals surface area contributed by atoms with E-state index in [4.69, 9.17) is 0 Å². The number of amides is 2. The van der Waals surface area contributed by atoms with Crippen LogP contribution >= 0.6 is 11.3 Å². The smallest absolute Gasteiger partial charge is 0.253 e. The van der Waals surface area contributed by atoms with Gasteiger partial charge in [-0.15, -0.1) is 11.3 Å². The van der Waals surface area contributed by atoms with Gasteiger partial charge in [0.15, 0.2) is 0 Å². The van der Waals surface area contributed by atoms with Crippen LogP contribution in [0.5, 0.6) is 0 Å². The summed E-state index contributed by atoms with van der Waals surface area (Å²) < 4.78 is 13.9. The molecular formula is C22H19FN2O2S. The first-order chi connectivity index (χ1) is 13.4. The summed E-state index contributed by atoms with van der Waals surface area (Å²) in [7, 11) is 3.35. The number of anilines is 1. The number of thiophene rings is 1. The predicted octanol–water partition coefficient (Wildman–Crippen LogP) is 4.91. The van der Waals surface area contributed by atoms with Crippen LogP contribution in [0.25, 0.3) is 16.5 Å². The maximum Gasteiger partial charge on any atom is 0.253 e. The molecule has 2 aromatic carbocycles. The fourth-order valence-electron chi connectivity index (χ4n) is 2.58. The molecule has 0 unspecified atom stereocenters. The maximum atomic E-state index is 13.9. The fourth-order valence-corrected chi connectivity index (χ4v) is 3.52. The van der Waals surface area contributed by atoms with Crippen molar-refractivity contribution in [1.82, 2.24) is 4.90 Å². The molecular weight excluding hydrogens is 375 g/mol. The summed E-state index contributed by atoms with van der Waals surface area (Å²) in [5.74, 6) is -0.717. The average Bonchev–Trinajstić information content (AvgIpc) is 3.15. The number of carbonyl (C=O) groups excluding carboxylic acids is 2. The van der Waals surface area contributed by atoms with Gasteiger partial charge in [-0.05, 0) is 42.5 Å². The molecule has 0 saturated heterocycles. The van der Waals surface area contributed by atoms with E-state index < -0.39 is 0 Å². The molecule has 0 fully saturated rings. The highest BCUT2D eigenvalue weighted by atomic mass is 32.1. The number of benzene rings is 2. The van der Waals surface area contributed by atoms with Crippen molar-refractivity contribution in [1.29, 1.82) is 0 Å². The van der Waals surface area contributed by atoms with Gasteiger partial charge in [0.2, 0.25) is 5.91 Å². The monoisotopic (exact) mass is 394 g/mol. The molecule has 3 rings (SSSR count). The third-order valence-electron chi connectivity index (χ3n) is 3.95. The third kappa shape index (κ3) is 4.72. The number of halogens is 1. The number of nitrogens with zero attached hydrogens (tertiary/aromatic N) is 1. The van der Waals surface area contributed by atoms with E-state index in [9.17, 15) is 14.0 Å². The molecule has 0 radical (unpaired) electrons. The van der Waals surface area contributed by atoms with Crippen molar-refractivity contribution >= 4 is 34.9 Å². The quantitative estimate of drug-likeness (QED) is 0.625. The van der Waals surface area contributed by atoms with Gasteiger partial charge >= 0.3 is 0 Å². The third-order valence-corrected chi connectivity index (χ3v) is 5.03. The largest absolute Gasteiger partial charge is 0.345 e. The molecule has 0 saturated carbocycles. The van der Waals surface area contributed by atoms with Crippen molar-refractivity contribution in [3.05, 3.63) is 83.0 Å². The number of nitrogens with one attached hydrogen (secondary N) is 1. The van der Waals surface area contributed by atoms with E-state index in [1.165, 1.54) is 28.4 Å². The minimum absolute atomic E-state index is 0.133. The Balaban J connectivity index is 1.67. The first-order valence-corrected chi connectivity index (χ1v) is 9.41. The highest BCUT2D eigenvalue weighted by Crippen LogP contribution is 2.30. The van der Waals surface area contributed by atoms with Gasteiger partial charge in [-0.1, -0.05) is 24.3 Å². The van der Waals surface area contributed by atoms with Crippen molar-refractivity contribution in [3.63, 3.8) is 0 Å². The zero-order valence-electron chi connectivity index (χ0n) is 15.5. The molecule has 0 bridgehead atoms. The summed E-state index contributed by atoms with van der Waals surface area (Å²) in [6.07, 6.45) is 3.09. The fraction of sp³-hybridized carbons (Fsp3) is 0.0909. The molecule has 1 heterocycles. The molecule has 28 heavy (non-hydrogen) atoms. The summed E-state index contributed by atoms with van der Waals surface area (Å²) in [6, 6.07) is 17.0. The number of rotatable bonds is 5. The summed E-state index contributed by atoms with van der Waals surface area (Å²) in [5, 5.41) is 2.74. The summed E-state index contributed by atoms with van der Waals surface area (Å²) in [4.78, 5) is 27.3. The second-order valence-electron chi connectivity index (χ2n) is 6.28. The van der Waals surface area contributed by atoms with Gasteiger partial charge < -0.3 is 10.2 Å². The standard InChI is InChI=1S/C22H19FN2O2S/c1-25(2)22(27)15-6-5-7-16(14-15)24-21(26)13-11-17-10-12-20(28-17)18-8-3-4-9-19(18)23/h3-14H,1-2H3,(H,24,26)/b13-11+. The first kappa shape index (κ1) is 19.5. The van der Waals surface area contributed by atoms with E-state index in [-0.39, 0.29) is 17.6 Å². The van der Waals surface area contributed by atoms with Crippen LogP contribution in [0.2, 0.25) is 0 Å². The van der Waals surface area contributed by atoms with Crippen LogP contribution in [0, 0.1) is 5.82 Å². The van der Waals surface area contributed by atoms with Crippen LogP contribution in [0.4, 0.5) is 10.1 Å². The highest BCUT2D eigenvalue weighted by Gasteiger charge is 2.09. The Morgan fingerprint density at radius 1 is 1.04 bits per heavy atom. The first-order valence-electron chi connectivity index (χ1n) is 8.59. The van der Waals surface area contributed by atoms with Crippen molar-refractivity contribution in [2.24, 2.45) is 0 Å². The minimum atomic E-state index is -0.310. The Morgan fingerprint density at radius 2 is 1.82 bits per heavy atom. The van der Waals surface area contributed by atoms with Crippen LogP contribution in [0.3, 0.4) is 0 Å². The van der Waals surface area contributed by atoms with Gasteiger partial charge in [0, 0.05) is 46.7 Å². The van der Waals surface area contributed by atoms with Crippen molar-refractivity contribution < 1.29 is 14.0 Å². The molecule has 0 aliphatic heterocycles. The minimum Gasteiger partial charge on any atom is -0.345 e. The molecule has 0 aliphatic carbocycles. The van der Waals surface area contributed by atoms with Gasteiger partial charge in [-0.25, -0.2) is 4.39 Å². The molecule has 142 valence electrons. The lowest BCUT2D eigenvalue weighted by atomic mass is 10.2. The van der Waals surface area contributed by atoms with Crippen LogP contribution < -0.4 is 5.32 Å². The Morgan fingerprint density at radius 3 is 2.57 bits per heavy atom. The lowest BCUT2D eigenvalue weighted by molar-refractivity contribution is -0.111. The van der Waals surface area contributed by atoms with E-state index in [0.29, 0.717) is 16.8 Å². The predicted molar refractivity (Wildman–Crippen MR) is 112 cm³/mol. The maximum absolute atomic E-state index is 13.9. The highest BCUT2D eigenvalue weighted by molar-refractivity contribution is 7.16. The number of hydrogen-bond acceptors (Lipinski definition) is 3. The molecule has 0 atom stereocenters. The molecule has 1 aromatic heterocycles. The van der Waals surface area contributed by atoms with Crippen LogP contribution in [-0.4, -0.2) is 30.8 Å². The summed E-state index contributed by atoms with van der Waals surface area (Å²) in [5.41, 5.74) is 1.58. The summed E-state index contributed by atoms with van der Waals surface area (Å²) >= 11 is 1.40. The van der Waals surface area contributed by atoms with Gasteiger partial charge in [0.05, 0.1) is 0 Å². The normalized spacial score (nSPS) is 10.8. The van der Waals surface area contributed by atoms with Crippen molar-refractivity contribution in [2.75, 3.05) is 19.4 Å². The zero-order valence-corrected chi connectivity index (χ0v) is 16.3. The van der Waals surface area contributed by atoms with Gasteiger partial charge in [-0.3, -0.25) is 9.59 Å². The lowest BCUT2D eigenvalue weighted by Gasteiger charge is -2.11. The molecule has 0 spiro atoms. The van der Waals surface area contributed by atoms with Gasteiger partial charge in [0.25, 0.3) is 5.91 Å². The van der Waals surface area contributed by atoms with Crippen LogP contribution in [0.1, 0.15) is 15.2 Å². The SMILES string of the molecule is CN(C)C(=O)c1cccc(NC(=O)/C=C/c2ccc(-c3ccccc3F)s2)c1. The van der Waals surface area contributed by atoms with Gasteiger partial charge in [0.1, 0.15) is 5.82 Å². The van der Waals surface area contributed by atoms with Crippen LogP contribution in [0.15, 0.2) is 66.7 Å². The van der Waals surface area contributed by atoms with E-state index in [1.54, 1.807) is 62.6 Å². The van der Waals surface area contributed by atoms with Crippen molar-refractivity contribution in [3.8, 4) is 10.4 Å². The average molecular weight is 394 g/mol. The molecule has 4 nitrogen and oxygen atoms in total. The Hall–Kier alpha value is -3.25.